The molecule has 0 fully saturated rings. The standard InChI is InChI=1S/C20H23FN2O2/c1-23(2)18-9-3-15(4-10-18)13-14-22-20(25)12-11-19(24)16-5-7-17(21)8-6-16/h3-10H,11-14H2,1-2H3,(H,22,25). The number of carbonyl (C=O) groups excluding carboxylic acids is 2. The van der Waals surface area contributed by atoms with Crippen LogP contribution in [0.2, 0.25) is 0 Å². The molecule has 0 aliphatic carbocycles. The molecule has 0 unspecified atom stereocenters. The van der Waals surface area contributed by atoms with Crippen molar-refractivity contribution in [2.24, 2.45) is 0 Å². The summed E-state index contributed by atoms with van der Waals surface area (Å²) in [5.41, 5.74) is 2.70. The van der Waals surface area contributed by atoms with Gasteiger partial charge in [-0.1, -0.05) is 12.1 Å². The lowest BCUT2D eigenvalue weighted by atomic mass is 10.1. The SMILES string of the molecule is CN(C)c1ccc(CCNC(=O)CCC(=O)c2ccc(F)cc2)cc1. The fraction of sp³-hybridized carbons (Fsp3) is 0.300. The first-order valence-electron chi connectivity index (χ1n) is 8.27. The predicted molar refractivity (Wildman–Crippen MR) is 97.4 cm³/mol. The molecule has 4 nitrogen and oxygen atoms in total. The second-order valence-electron chi connectivity index (χ2n) is 6.09. The van der Waals surface area contributed by atoms with Crippen LogP contribution in [0.4, 0.5) is 10.1 Å². The minimum absolute atomic E-state index is 0.120. The van der Waals surface area contributed by atoms with Crippen LogP contribution in [-0.4, -0.2) is 32.3 Å². The second kappa shape index (κ2) is 8.97. The first-order valence-corrected chi connectivity index (χ1v) is 8.27. The lowest BCUT2D eigenvalue weighted by molar-refractivity contribution is -0.121. The Morgan fingerprint density at radius 2 is 1.60 bits per heavy atom. The van der Waals surface area contributed by atoms with E-state index in [0.717, 1.165) is 17.7 Å². The maximum Gasteiger partial charge on any atom is 0.220 e. The third kappa shape index (κ3) is 6.03. The molecule has 25 heavy (non-hydrogen) atoms. The number of halogens is 1. The normalized spacial score (nSPS) is 10.4. The fourth-order valence-electron chi connectivity index (χ4n) is 2.40. The van der Waals surface area contributed by atoms with Gasteiger partial charge in [0.1, 0.15) is 5.82 Å². The first kappa shape index (κ1) is 18.6. The van der Waals surface area contributed by atoms with Gasteiger partial charge in [0.25, 0.3) is 0 Å². The van der Waals surface area contributed by atoms with Crippen LogP contribution in [0.1, 0.15) is 28.8 Å². The number of nitrogens with one attached hydrogen (secondary N) is 1. The predicted octanol–water partition coefficient (Wildman–Crippen LogP) is 3.21. The number of benzene rings is 2. The van der Waals surface area contributed by atoms with E-state index in [4.69, 9.17) is 0 Å². The summed E-state index contributed by atoms with van der Waals surface area (Å²) in [7, 11) is 3.98. The highest BCUT2D eigenvalue weighted by Crippen LogP contribution is 2.12. The largest absolute Gasteiger partial charge is 0.378 e. The summed E-state index contributed by atoms with van der Waals surface area (Å²) < 4.78 is 12.8. The van der Waals surface area contributed by atoms with Gasteiger partial charge in [-0.15, -0.1) is 0 Å². The van der Waals surface area contributed by atoms with E-state index in [-0.39, 0.29) is 30.3 Å². The number of anilines is 1. The Balaban J connectivity index is 1.70. The quantitative estimate of drug-likeness (QED) is 0.750. The molecule has 1 amide bonds. The van der Waals surface area contributed by atoms with Gasteiger partial charge in [-0.3, -0.25) is 9.59 Å². The Morgan fingerprint density at radius 1 is 0.960 bits per heavy atom. The maximum atomic E-state index is 12.8. The number of Topliss-reactive ketones (excluding diaryl/α,β-unsaturated/α-hetero) is 1. The van der Waals surface area contributed by atoms with Crippen molar-refractivity contribution in [1.82, 2.24) is 5.32 Å². The number of amides is 1. The Hall–Kier alpha value is -2.69. The number of ketones is 1. The molecule has 0 spiro atoms. The Kier molecular flexibility index (Phi) is 6.69. The minimum Gasteiger partial charge on any atom is -0.378 e. The first-order chi connectivity index (χ1) is 12.0. The monoisotopic (exact) mass is 342 g/mol. The third-order valence-corrected chi connectivity index (χ3v) is 3.93. The maximum absolute atomic E-state index is 12.8. The van der Waals surface area contributed by atoms with Crippen LogP contribution < -0.4 is 10.2 Å². The van der Waals surface area contributed by atoms with Crippen LogP contribution in [0.3, 0.4) is 0 Å². The molecule has 2 aromatic rings. The van der Waals surface area contributed by atoms with Crippen LogP contribution in [0.15, 0.2) is 48.5 Å². The molecule has 2 rings (SSSR count). The van der Waals surface area contributed by atoms with Crippen molar-refractivity contribution in [2.75, 3.05) is 25.5 Å². The number of nitrogens with zero attached hydrogens (tertiary/aromatic N) is 1. The number of hydrogen-bond donors (Lipinski definition) is 1. The average Bonchev–Trinajstić information content (AvgIpc) is 2.60. The van der Waals surface area contributed by atoms with Gasteiger partial charge in [0.2, 0.25) is 5.91 Å². The lowest BCUT2D eigenvalue weighted by Gasteiger charge is -2.12. The van der Waals surface area contributed by atoms with Crippen LogP contribution >= 0.6 is 0 Å². The highest BCUT2D eigenvalue weighted by atomic mass is 19.1. The molecule has 0 radical (unpaired) electrons. The molecule has 5 heteroatoms. The van der Waals surface area contributed by atoms with Gasteiger partial charge in [0, 0.05) is 44.7 Å². The molecule has 132 valence electrons. The van der Waals surface area contributed by atoms with E-state index in [1.54, 1.807) is 0 Å². The molecule has 0 saturated heterocycles. The molecule has 2 aromatic carbocycles. The molecule has 1 N–H and O–H groups in total. The Labute approximate surface area is 147 Å². The van der Waals surface area contributed by atoms with Crippen molar-refractivity contribution in [2.45, 2.75) is 19.3 Å². The van der Waals surface area contributed by atoms with Gasteiger partial charge in [0.05, 0.1) is 0 Å². The van der Waals surface area contributed by atoms with Gasteiger partial charge in [-0.05, 0) is 48.4 Å². The van der Waals surface area contributed by atoms with E-state index in [9.17, 15) is 14.0 Å². The minimum atomic E-state index is -0.382. The van der Waals surface area contributed by atoms with Crippen molar-refractivity contribution in [3.05, 3.63) is 65.5 Å². The molecule has 0 atom stereocenters. The smallest absolute Gasteiger partial charge is 0.220 e. The number of rotatable bonds is 8. The summed E-state index contributed by atoms with van der Waals surface area (Å²) >= 11 is 0. The summed E-state index contributed by atoms with van der Waals surface area (Å²) in [6, 6.07) is 13.5. The second-order valence-corrected chi connectivity index (χ2v) is 6.09. The summed E-state index contributed by atoms with van der Waals surface area (Å²) in [6.07, 6.45) is 0.996. The number of carbonyl (C=O) groups is 2. The fourth-order valence-corrected chi connectivity index (χ4v) is 2.40. The molecule has 0 aliphatic heterocycles. The van der Waals surface area contributed by atoms with Crippen LogP contribution in [-0.2, 0) is 11.2 Å². The molecule has 0 aliphatic rings. The topological polar surface area (TPSA) is 49.4 Å². The van der Waals surface area contributed by atoms with Crippen molar-refractivity contribution in [1.29, 1.82) is 0 Å². The molecule has 0 aromatic heterocycles. The molecular weight excluding hydrogens is 319 g/mol. The van der Waals surface area contributed by atoms with Crippen LogP contribution in [0.5, 0.6) is 0 Å². The van der Waals surface area contributed by atoms with E-state index >= 15 is 0 Å². The van der Waals surface area contributed by atoms with Gasteiger partial charge < -0.3 is 10.2 Å². The average molecular weight is 342 g/mol. The molecular formula is C20H23FN2O2. The van der Waals surface area contributed by atoms with Gasteiger partial charge in [-0.25, -0.2) is 4.39 Å². The van der Waals surface area contributed by atoms with E-state index in [1.807, 2.05) is 43.3 Å². The van der Waals surface area contributed by atoms with Crippen LogP contribution in [0, 0.1) is 5.82 Å². The van der Waals surface area contributed by atoms with Crippen molar-refractivity contribution >= 4 is 17.4 Å². The van der Waals surface area contributed by atoms with Crippen molar-refractivity contribution < 1.29 is 14.0 Å². The van der Waals surface area contributed by atoms with Crippen molar-refractivity contribution in [3.63, 3.8) is 0 Å². The molecule has 0 bridgehead atoms. The van der Waals surface area contributed by atoms with E-state index in [0.29, 0.717) is 12.1 Å². The third-order valence-electron chi connectivity index (χ3n) is 3.93. The zero-order valence-electron chi connectivity index (χ0n) is 14.6. The zero-order valence-corrected chi connectivity index (χ0v) is 14.6. The molecule has 0 saturated carbocycles. The highest BCUT2D eigenvalue weighted by molar-refractivity contribution is 5.97. The Morgan fingerprint density at radius 3 is 2.20 bits per heavy atom. The van der Waals surface area contributed by atoms with Gasteiger partial charge >= 0.3 is 0 Å². The lowest BCUT2D eigenvalue weighted by Crippen LogP contribution is -2.26. The number of hydrogen-bond acceptors (Lipinski definition) is 3. The van der Waals surface area contributed by atoms with Crippen molar-refractivity contribution in [3.8, 4) is 0 Å². The van der Waals surface area contributed by atoms with Gasteiger partial charge in [-0.2, -0.15) is 0 Å². The van der Waals surface area contributed by atoms with Crippen LogP contribution in [0.25, 0.3) is 0 Å². The summed E-state index contributed by atoms with van der Waals surface area (Å²) in [5.74, 6) is -0.692. The molecule has 0 heterocycles. The van der Waals surface area contributed by atoms with Gasteiger partial charge in [0.15, 0.2) is 5.78 Å². The van der Waals surface area contributed by atoms with E-state index in [1.165, 1.54) is 24.3 Å². The summed E-state index contributed by atoms with van der Waals surface area (Å²) in [4.78, 5) is 25.8. The zero-order chi connectivity index (χ0) is 18.2. The summed E-state index contributed by atoms with van der Waals surface area (Å²) in [6.45, 7) is 0.533. The highest BCUT2D eigenvalue weighted by Gasteiger charge is 2.09. The van der Waals surface area contributed by atoms with E-state index < -0.39 is 0 Å². The van der Waals surface area contributed by atoms with E-state index in [2.05, 4.69) is 5.32 Å². The Bertz CT molecular complexity index is 709. The summed E-state index contributed by atoms with van der Waals surface area (Å²) in [5, 5.41) is 2.82.